The largest absolute Gasteiger partial charge is 0.391 e. The van der Waals surface area contributed by atoms with Crippen LogP contribution in [0.1, 0.15) is 43.9 Å². The molecule has 1 aromatic rings. The van der Waals surface area contributed by atoms with Crippen molar-refractivity contribution in [2.45, 2.75) is 71.7 Å². The highest BCUT2D eigenvalue weighted by Gasteiger charge is 2.43. The van der Waals surface area contributed by atoms with Crippen molar-refractivity contribution in [3.8, 4) is 0 Å². The number of nitrogens with zero attached hydrogens (tertiary/aromatic N) is 1. The van der Waals surface area contributed by atoms with Gasteiger partial charge in [0, 0.05) is 29.1 Å². The van der Waals surface area contributed by atoms with Crippen LogP contribution in [-0.2, 0) is 20.8 Å². The van der Waals surface area contributed by atoms with E-state index in [2.05, 4.69) is 10.6 Å². The first-order valence-corrected chi connectivity index (χ1v) is 10.8. The molecule has 0 saturated carbocycles. The van der Waals surface area contributed by atoms with Gasteiger partial charge in [-0.1, -0.05) is 20.8 Å². The minimum absolute atomic E-state index is 0.111. The molecule has 0 aromatic carbocycles. The van der Waals surface area contributed by atoms with Crippen molar-refractivity contribution in [2.75, 3.05) is 13.6 Å². The maximum Gasteiger partial charge on any atom is 0.243 e. The van der Waals surface area contributed by atoms with Gasteiger partial charge in [0.05, 0.1) is 18.2 Å². The maximum atomic E-state index is 13.1. The van der Waals surface area contributed by atoms with Gasteiger partial charge in [-0.2, -0.15) is 0 Å². The number of aliphatic hydroxyl groups excluding tert-OH is 1. The molecule has 2 amide bonds. The summed E-state index contributed by atoms with van der Waals surface area (Å²) in [6.07, 6.45) is -0.173. The molecular formula is C21H33N3O4S. The molecule has 0 bridgehead atoms. The maximum absolute atomic E-state index is 13.1. The minimum atomic E-state index is -0.789. The van der Waals surface area contributed by atoms with Crippen LogP contribution in [0, 0.1) is 12.3 Å². The summed E-state index contributed by atoms with van der Waals surface area (Å²) < 4.78 is 0. The quantitative estimate of drug-likeness (QED) is 0.613. The lowest BCUT2D eigenvalue weighted by molar-refractivity contribution is -0.142. The summed E-state index contributed by atoms with van der Waals surface area (Å²) in [5.41, 5.74) is -0.348. The first-order chi connectivity index (χ1) is 13.4. The molecule has 1 aliphatic rings. The Morgan fingerprint density at radius 1 is 1.31 bits per heavy atom. The summed E-state index contributed by atoms with van der Waals surface area (Å²) in [6.45, 7) is 9.40. The zero-order chi connectivity index (χ0) is 21.9. The number of carbonyl (C=O) groups excluding carboxylic acids is 3. The number of thiophene rings is 1. The lowest BCUT2D eigenvalue weighted by Gasteiger charge is -2.35. The summed E-state index contributed by atoms with van der Waals surface area (Å²) in [4.78, 5) is 41.8. The van der Waals surface area contributed by atoms with Gasteiger partial charge in [0.1, 0.15) is 6.04 Å². The number of amides is 2. The molecule has 1 saturated heterocycles. The molecular weight excluding hydrogens is 390 g/mol. The van der Waals surface area contributed by atoms with Crippen LogP contribution in [0.5, 0.6) is 0 Å². The Morgan fingerprint density at radius 3 is 2.45 bits per heavy atom. The average Bonchev–Trinajstić information content (AvgIpc) is 3.18. The van der Waals surface area contributed by atoms with E-state index in [1.54, 1.807) is 18.4 Å². The van der Waals surface area contributed by atoms with Crippen LogP contribution in [0.15, 0.2) is 12.1 Å². The highest BCUT2D eigenvalue weighted by Crippen LogP contribution is 2.26. The predicted octanol–water partition coefficient (Wildman–Crippen LogP) is 1.27. The van der Waals surface area contributed by atoms with Crippen molar-refractivity contribution in [3.05, 3.63) is 21.9 Å². The molecule has 0 unspecified atom stereocenters. The van der Waals surface area contributed by atoms with E-state index >= 15 is 0 Å². The minimum Gasteiger partial charge on any atom is -0.391 e. The van der Waals surface area contributed by atoms with Gasteiger partial charge in [-0.05, 0) is 38.4 Å². The van der Waals surface area contributed by atoms with Crippen LogP contribution < -0.4 is 10.6 Å². The number of hydrogen-bond acceptors (Lipinski definition) is 6. The van der Waals surface area contributed by atoms with Crippen molar-refractivity contribution < 1.29 is 19.5 Å². The molecule has 8 heteroatoms. The topological polar surface area (TPSA) is 98.7 Å². The zero-order valence-electron chi connectivity index (χ0n) is 18.1. The SMILES string of the molecule is CN[C@H](C(=O)N1C[C@H](O)C[C@H]1C(=O)N[C@H](Cc1ccc(C)s1)C(C)=O)C(C)(C)C. The van der Waals surface area contributed by atoms with Gasteiger partial charge in [-0.3, -0.25) is 14.4 Å². The Labute approximate surface area is 176 Å². The van der Waals surface area contributed by atoms with Crippen molar-refractivity contribution >= 4 is 28.9 Å². The first kappa shape index (κ1) is 23.5. The van der Waals surface area contributed by atoms with Gasteiger partial charge in [0.2, 0.25) is 11.8 Å². The third kappa shape index (κ3) is 5.87. The summed E-state index contributed by atoms with van der Waals surface area (Å²) in [7, 11) is 1.71. The number of Topliss-reactive ketones (excluding diaryl/α,β-unsaturated/α-hetero) is 1. The Hall–Kier alpha value is -1.77. The molecule has 4 atom stereocenters. The number of nitrogens with one attached hydrogen (secondary N) is 2. The number of likely N-dealkylation sites (N-methyl/N-ethyl adjacent to an activating group) is 1. The second kappa shape index (κ2) is 9.36. The number of β-amino-alcohol motifs (C(OH)–C–C–N with tert-alkyl or cyclic N) is 1. The first-order valence-electron chi connectivity index (χ1n) is 9.96. The lowest BCUT2D eigenvalue weighted by Crippen LogP contribution is -2.57. The van der Waals surface area contributed by atoms with Crippen molar-refractivity contribution in [2.24, 2.45) is 5.41 Å². The molecule has 1 aliphatic heterocycles. The van der Waals surface area contributed by atoms with Gasteiger partial charge in [-0.15, -0.1) is 11.3 Å². The van der Waals surface area contributed by atoms with Crippen molar-refractivity contribution in [3.63, 3.8) is 0 Å². The second-order valence-corrected chi connectivity index (χ2v) is 10.2. The molecule has 0 aliphatic carbocycles. The third-order valence-electron chi connectivity index (χ3n) is 5.27. The zero-order valence-corrected chi connectivity index (χ0v) is 18.9. The Morgan fingerprint density at radius 2 is 1.97 bits per heavy atom. The molecule has 1 aromatic heterocycles. The van der Waals surface area contributed by atoms with E-state index in [1.165, 1.54) is 11.8 Å². The molecule has 2 rings (SSSR count). The molecule has 0 spiro atoms. The fourth-order valence-corrected chi connectivity index (χ4v) is 4.69. The molecule has 29 heavy (non-hydrogen) atoms. The fourth-order valence-electron chi connectivity index (χ4n) is 3.76. The molecule has 2 heterocycles. The number of ketones is 1. The number of rotatable bonds is 7. The van der Waals surface area contributed by atoms with Gasteiger partial charge < -0.3 is 20.6 Å². The van der Waals surface area contributed by atoms with Gasteiger partial charge in [0.15, 0.2) is 5.78 Å². The number of hydrogen-bond donors (Lipinski definition) is 3. The predicted molar refractivity (Wildman–Crippen MR) is 114 cm³/mol. The number of carbonyl (C=O) groups is 3. The Balaban J connectivity index is 2.15. The van der Waals surface area contributed by atoms with E-state index < -0.39 is 30.1 Å². The van der Waals surface area contributed by atoms with Crippen LogP contribution in [0.4, 0.5) is 0 Å². The van der Waals surface area contributed by atoms with Crippen LogP contribution >= 0.6 is 11.3 Å². The normalized spacial score (nSPS) is 21.7. The molecule has 162 valence electrons. The van der Waals surface area contributed by atoms with Gasteiger partial charge in [-0.25, -0.2) is 0 Å². The van der Waals surface area contributed by atoms with Crippen molar-refractivity contribution in [1.29, 1.82) is 0 Å². The molecule has 1 fully saturated rings. The van der Waals surface area contributed by atoms with Gasteiger partial charge >= 0.3 is 0 Å². The highest BCUT2D eigenvalue weighted by molar-refractivity contribution is 7.11. The Bertz CT molecular complexity index is 755. The number of aryl methyl sites for hydroxylation is 1. The van der Waals surface area contributed by atoms with Crippen LogP contribution in [0.3, 0.4) is 0 Å². The lowest BCUT2D eigenvalue weighted by atomic mass is 9.86. The van der Waals surface area contributed by atoms with E-state index in [-0.39, 0.29) is 30.1 Å². The Kier molecular flexibility index (Phi) is 7.59. The fraction of sp³-hybridized carbons (Fsp3) is 0.667. The van der Waals surface area contributed by atoms with E-state index in [0.29, 0.717) is 6.42 Å². The standard InChI is InChI=1S/C21H33N3O4S/c1-12-7-8-15(29-12)10-16(13(2)25)23-19(27)17-9-14(26)11-24(17)20(28)18(22-6)21(3,4)5/h7-8,14,16-18,22,26H,9-11H2,1-6H3,(H,23,27)/t14-,16-,17+,18-/m1/s1. The second-order valence-electron chi connectivity index (χ2n) is 8.87. The summed E-state index contributed by atoms with van der Waals surface area (Å²) in [5, 5.41) is 16.0. The highest BCUT2D eigenvalue weighted by atomic mass is 32.1. The van der Waals surface area contributed by atoms with E-state index in [4.69, 9.17) is 0 Å². The van der Waals surface area contributed by atoms with Crippen molar-refractivity contribution in [1.82, 2.24) is 15.5 Å². The third-order valence-corrected chi connectivity index (χ3v) is 6.30. The average molecular weight is 424 g/mol. The van der Waals surface area contributed by atoms with E-state index in [9.17, 15) is 19.5 Å². The monoisotopic (exact) mass is 423 g/mol. The number of aliphatic hydroxyl groups is 1. The summed E-state index contributed by atoms with van der Waals surface area (Å²) >= 11 is 1.59. The van der Waals surface area contributed by atoms with E-state index in [0.717, 1.165) is 9.75 Å². The van der Waals surface area contributed by atoms with Crippen LogP contribution in [0.25, 0.3) is 0 Å². The van der Waals surface area contributed by atoms with Crippen LogP contribution in [-0.4, -0.2) is 65.4 Å². The molecule has 3 N–H and O–H groups in total. The number of likely N-dealkylation sites (tertiary alicyclic amines) is 1. The smallest absolute Gasteiger partial charge is 0.243 e. The summed E-state index contributed by atoms with van der Waals surface area (Å²) in [5.74, 6) is -0.749. The summed E-state index contributed by atoms with van der Waals surface area (Å²) in [6, 6.07) is 2.01. The van der Waals surface area contributed by atoms with E-state index in [1.807, 2.05) is 39.8 Å². The van der Waals surface area contributed by atoms with Gasteiger partial charge in [0.25, 0.3) is 0 Å². The van der Waals surface area contributed by atoms with Crippen LogP contribution in [0.2, 0.25) is 0 Å². The molecule has 7 nitrogen and oxygen atoms in total. The molecule has 0 radical (unpaired) electrons.